The standard InChI is InChI=1S/C17H29N5OS.HI/c1-4-18-17(22-11-9-21(10-12-22)15(3)23)19-8-6-5-7-16-20-14(2)13-24-16;/h13H,4-12H2,1-3H3,(H,18,19);1H. The summed E-state index contributed by atoms with van der Waals surface area (Å²) in [4.78, 5) is 24.8. The second kappa shape index (κ2) is 11.7. The number of piperazine rings is 1. The largest absolute Gasteiger partial charge is 0.357 e. The monoisotopic (exact) mass is 479 g/mol. The highest BCUT2D eigenvalue weighted by atomic mass is 127. The zero-order valence-corrected chi connectivity index (χ0v) is 18.6. The van der Waals surface area contributed by atoms with Crippen LogP contribution in [0.1, 0.15) is 37.4 Å². The molecular formula is C17H30IN5OS. The number of aryl methyl sites for hydroxylation is 2. The van der Waals surface area contributed by atoms with Crippen molar-refractivity contribution < 1.29 is 4.79 Å². The lowest BCUT2D eigenvalue weighted by atomic mass is 10.2. The second-order valence-electron chi connectivity index (χ2n) is 6.07. The minimum Gasteiger partial charge on any atom is -0.357 e. The number of guanidine groups is 1. The molecular weight excluding hydrogens is 449 g/mol. The number of rotatable bonds is 6. The normalized spacial score (nSPS) is 15.1. The van der Waals surface area contributed by atoms with Crippen LogP contribution >= 0.6 is 35.3 Å². The first kappa shape index (κ1) is 22.1. The van der Waals surface area contributed by atoms with Crippen molar-refractivity contribution in [1.82, 2.24) is 20.1 Å². The molecule has 0 aliphatic carbocycles. The number of amides is 1. The number of nitrogens with one attached hydrogen (secondary N) is 1. The number of carbonyl (C=O) groups excluding carboxylic acids is 1. The highest BCUT2D eigenvalue weighted by Gasteiger charge is 2.20. The van der Waals surface area contributed by atoms with Gasteiger partial charge in [0.05, 0.1) is 5.01 Å². The van der Waals surface area contributed by atoms with Gasteiger partial charge in [-0.3, -0.25) is 9.79 Å². The van der Waals surface area contributed by atoms with Gasteiger partial charge in [0.25, 0.3) is 0 Å². The summed E-state index contributed by atoms with van der Waals surface area (Å²) < 4.78 is 0. The maximum Gasteiger partial charge on any atom is 0.219 e. The smallest absolute Gasteiger partial charge is 0.219 e. The fourth-order valence-corrected chi connectivity index (χ4v) is 3.57. The van der Waals surface area contributed by atoms with Gasteiger partial charge in [0, 0.05) is 57.3 Å². The fraction of sp³-hybridized carbons (Fsp3) is 0.706. The number of thiazole rings is 1. The summed E-state index contributed by atoms with van der Waals surface area (Å²) in [6.07, 6.45) is 3.23. The van der Waals surface area contributed by atoms with Crippen molar-refractivity contribution in [2.24, 2.45) is 4.99 Å². The van der Waals surface area contributed by atoms with Gasteiger partial charge in [0.2, 0.25) is 5.91 Å². The van der Waals surface area contributed by atoms with Gasteiger partial charge in [-0.15, -0.1) is 35.3 Å². The summed E-state index contributed by atoms with van der Waals surface area (Å²) >= 11 is 1.75. The molecule has 2 rings (SSSR count). The lowest BCUT2D eigenvalue weighted by Crippen LogP contribution is -2.53. The highest BCUT2D eigenvalue weighted by molar-refractivity contribution is 14.0. The Labute approximate surface area is 172 Å². The topological polar surface area (TPSA) is 60.8 Å². The van der Waals surface area contributed by atoms with Gasteiger partial charge in [-0.1, -0.05) is 0 Å². The van der Waals surface area contributed by atoms with Crippen molar-refractivity contribution in [3.63, 3.8) is 0 Å². The van der Waals surface area contributed by atoms with E-state index >= 15 is 0 Å². The maximum absolute atomic E-state index is 11.4. The third-order valence-corrected chi connectivity index (χ3v) is 5.11. The summed E-state index contributed by atoms with van der Waals surface area (Å²) in [6.45, 7) is 10.7. The number of hydrogen-bond acceptors (Lipinski definition) is 4. The van der Waals surface area contributed by atoms with Crippen LogP contribution in [0.5, 0.6) is 0 Å². The Hall–Kier alpha value is -0.900. The Bertz CT molecular complexity index is 555. The van der Waals surface area contributed by atoms with E-state index in [1.165, 1.54) is 5.01 Å². The lowest BCUT2D eigenvalue weighted by Gasteiger charge is -2.36. The summed E-state index contributed by atoms with van der Waals surface area (Å²) in [5.74, 6) is 1.14. The van der Waals surface area contributed by atoms with Crippen LogP contribution in [-0.4, -0.2) is 65.9 Å². The number of carbonyl (C=O) groups is 1. The first-order valence-corrected chi connectivity index (χ1v) is 9.68. The van der Waals surface area contributed by atoms with E-state index in [9.17, 15) is 4.79 Å². The van der Waals surface area contributed by atoms with Gasteiger partial charge in [0.1, 0.15) is 0 Å². The zero-order chi connectivity index (χ0) is 17.4. The zero-order valence-electron chi connectivity index (χ0n) is 15.5. The maximum atomic E-state index is 11.4. The average molecular weight is 479 g/mol. The van der Waals surface area contributed by atoms with E-state index in [0.717, 1.165) is 70.2 Å². The molecule has 25 heavy (non-hydrogen) atoms. The van der Waals surface area contributed by atoms with Gasteiger partial charge in [-0.2, -0.15) is 0 Å². The van der Waals surface area contributed by atoms with Crippen molar-refractivity contribution in [2.45, 2.75) is 40.0 Å². The van der Waals surface area contributed by atoms with Gasteiger partial charge < -0.3 is 15.1 Å². The Morgan fingerprint density at radius 3 is 2.52 bits per heavy atom. The molecule has 0 bridgehead atoms. The minimum absolute atomic E-state index is 0. The molecule has 2 heterocycles. The number of nitrogens with zero attached hydrogens (tertiary/aromatic N) is 4. The Balaban J connectivity index is 0.00000312. The van der Waals surface area contributed by atoms with Gasteiger partial charge in [-0.05, 0) is 33.1 Å². The van der Waals surface area contributed by atoms with Crippen molar-refractivity contribution in [1.29, 1.82) is 0 Å². The molecule has 1 aromatic heterocycles. The van der Waals surface area contributed by atoms with Crippen LogP contribution in [-0.2, 0) is 11.2 Å². The Kier molecular flexibility index (Phi) is 10.3. The summed E-state index contributed by atoms with van der Waals surface area (Å²) in [5.41, 5.74) is 1.12. The molecule has 8 heteroatoms. The number of aromatic nitrogens is 1. The van der Waals surface area contributed by atoms with E-state index in [1.54, 1.807) is 18.3 Å². The highest BCUT2D eigenvalue weighted by Crippen LogP contribution is 2.11. The molecule has 1 N–H and O–H groups in total. The second-order valence-corrected chi connectivity index (χ2v) is 7.01. The molecule has 0 atom stereocenters. The molecule has 1 aliphatic rings. The van der Waals surface area contributed by atoms with Crippen LogP contribution in [0.4, 0.5) is 0 Å². The SMILES string of the molecule is CCNC(=NCCCCc1nc(C)cs1)N1CCN(C(C)=O)CC1.I. The fourth-order valence-electron chi connectivity index (χ4n) is 2.75. The first-order chi connectivity index (χ1) is 11.6. The molecule has 0 aromatic carbocycles. The minimum atomic E-state index is 0. The summed E-state index contributed by atoms with van der Waals surface area (Å²) in [5, 5.41) is 6.70. The molecule has 6 nitrogen and oxygen atoms in total. The van der Waals surface area contributed by atoms with Crippen LogP contribution in [0.15, 0.2) is 10.4 Å². The van der Waals surface area contributed by atoms with Gasteiger partial charge in [-0.25, -0.2) is 4.98 Å². The Morgan fingerprint density at radius 1 is 1.28 bits per heavy atom. The molecule has 0 radical (unpaired) electrons. The average Bonchev–Trinajstić information content (AvgIpc) is 2.99. The molecule has 1 saturated heterocycles. The quantitative estimate of drug-likeness (QED) is 0.295. The summed E-state index contributed by atoms with van der Waals surface area (Å²) in [6, 6.07) is 0. The number of unbranched alkanes of at least 4 members (excludes halogenated alkanes) is 1. The molecule has 0 spiro atoms. The van der Waals surface area contributed by atoms with Crippen LogP contribution in [0.2, 0.25) is 0 Å². The molecule has 1 aromatic rings. The molecule has 142 valence electrons. The third-order valence-electron chi connectivity index (χ3n) is 4.09. The van der Waals surface area contributed by atoms with Crippen LogP contribution in [0.25, 0.3) is 0 Å². The molecule has 1 fully saturated rings. The van der Waals surface area contributed by atoms with E-state index in [2.05, 4.69) is 27.5 Å². The predicted octanol–water partition coefficient (Wildman–Crippen LogP) is 2.52. The number of hydrogen-bond donors (Lipinski definition) is 1. The van der Waals surface area contributed by atoms with Crippen molar-refractivity contribution in [2.75, 3.05) is 39.3 Å². The number of halogens is 1. The third kappa shape index (κ3) is 7.47. The van der Waals surface area contributed by atoms with E-state index in [-0.39, 0.29) is 29.9 Å². The van der Waals surface area contributed by atoms with Gasteiger partial charge >= 0.3 is 0 Å². The molecule has 1 aliphatic heterocycles. The van der Waals surface area contributed by atoms with E-state index in [4.69, 9.17) is 4.99 Å². The van der Waals surface area contributed by atoms with E-state index < -0.39 is 0 Å². The number of aliphatic imine (C=N–C) groups is 1. The molecule has 0 saturated carbocycles. The lowest BCUT2D eigenvalue weighted by molar-refractivity contribution is -0.130. The van der Waals surface area contributed by atoms with Crippen molar-refractivity contribution in [3.05, 3.63) is 16.1 Å². The van der Waals surface area contributed by atoms with E-state index in [1.807, 2.05) is 11.8 Å². The first-order valence-electron chi connectivity index (χ1n) is 8.80. The molecule has 0 unspecified atom stereocenters. The van der Waals surface area contributed by atoms with Crippen molar-refractivity contribution in [3.8, 4) is 0 Å². The van der Waals surface area contributed by atoms with Gasteiger partial charge in [0.15, 0.2) is 5.96 Å². The van der Waals surface area contributed by atoms with Crippen LogP contribution in [0.3, 0.4) is 0 Å². The van der Waals surface area contributed by atoms with Crippen molar-refractivity contribution >= 4 is 47.2 Å². The summed E-state index contributed by atoms with van der Waals surface area (Å²) in [7, 11) is 0. The Morgan fingerprint density at radius 2 is 1.96 bits per heavy atom. The molecule has 1 amide bonds. The van der Waals surface area contributed by atoms with E-state index in [0.29, 0.717) is 0 Å². The van der Waals surface area contributed by atoms with Crippen LogP contribution in [0, 0.1) is 6.92 Å². The predicted molar refractivity (Wildman–Crippen MR) is 115 cm³/mol. The van der Waals surface area contributed by atoms with Crippen LogP contribution < -0.4 is 5.32 Å².